The molecule has 7 heteroatoms. The van der Waals surface area contributed by atoms with E-state index in [-0.39, 0.29) is 6.54 Å². The predicted octanol–water partition coefficient (Wildman–Crippen LogP) is 2.78. The lowest BCUT2D eigenvalue weighted by molar-refractivity contribution is -0.137. The number of alkyl halides is 3. The Morgan fingerprint density at radius 1 is 1.47 bits per heavy atom. The van der Waals surface area contributed by atoms with Gasteiger partial charge in [0.05, 0.1) is 12.1 Å². The normalized spacial score (nSPS) is 16.3. The van der Waals surface area contributed by atoms with Crippen LogP contribution in [0.1, 0.15) is 30.0 Å². The number of aromatic nitrogens is 1. The monoisotopic (exact) mass is 293 g/mol. The van der Waals surface area contributed by atoms with Gasteiger partial charge in [-0.05, 0) is 19.9 Å². The highest BCUT2D eigenvalue weighted by atomic mass is 32.1. The molecule has 1 aliphatic rings. The lowest BCUT2D eigenvalue weighted by Gasteiger charge is -2.16. The van der Waals surface area contributed by atoms with Crippen molar-refractivity contribution in [2.24, 2.45) is 0 Å². The Morgan fingerprint density at radius 2 is 2.21 bits per heavy atom. The summed E-state index contributed by atoms with van der Waals surface area (Å²) in [7, 11) is 1.69. The van der Waals surface area contributed by atoms with E-state index in [4.69, 9.17) is 0 Å². The quantitative estimate of drug-likeness (QED) is 0.838. The number of rotatable bonds is 7. The summed E-state index contributed by atoms with van der Waals surface area (Å²) in [5.41, 5.74) is 0.849. The van der Waals surface area contributed by atoms with Gasteiger partial charge in [-0.15, -0.1) is 11.3 Å². The number of halogens is 3. The second kappa shape index (κ2) is 6.19. The van der Waals surface area contributed by atoms with E-state index < -0.39 is 12.6 Å². The predicted molar refractivity (Wildman–Crippen MR) is 69.0 cm³/mol. The summed E-state index contributed by atoms with van der Waals surface area (Å²) >= 11 is 1.56. The van der Waals surface area contributed by atoms with Crippen LogP contribution in [-0.4, -0.2) is 35.7 Å². The molecule has 0 aliphatic heterocycles. The minimum Gasteiger partial charge on any atom is -0.308 e. The van der Waals surface area contributed by atoms with Crippen molar-refractivity contribution in [1.82, 2.24) is 15.2 Å². The Bertz CT molecular complexity index is 401. The van der Waals surface area contributed by atoms with Gasteiger partial charge in [0.15, 0.2) is 0 Å². The molecule has 0 unspecified atom stereocenters. The fourth-order valence-corrected chi connectivity index (χ4v) is 2.43. The van der Waals surface area contributed by atoms with Gasteiger partial charge in [0.1, 0.15) is 5.01 Å². The van der Waals surface area contributed by atoms with Crippen LogP contribution in [0.2, 0.25) is 0 Å². The molecule has 0 amide bonds. The van der Waals surface area contributed by atoms with Crippen LogP contribution in [0.4, 0.5) is 13.2 Å². The molecule has 0 saturated heterocycles. The van der Waals surface area contributed by atoms with Crippen LogP contribution >= 0.6 is 11.3 Å². The van der Waals surface area contributed by atoms with Crippen LogP contribution in [0.15, 0.2) is 5.38 Å². The number of nitrogens with one attached hydrogen (secondary N) is 1. The maximum Gasteiger partial charge on any atom is 0.390 e. The van der Waals surface area contributed by atoms with Gasteiger partial charge in [-0.2, -0.15) is 13.2 Å². The zero-order chi connectivity index (χ0) is 13.9. The Kier molecular flexibility index (Phi) is 4.81. The highest BCUT2D eigenvalue weighted by Gasteiger charge is 2.27. The summed E-state index contributed by atoms with van der Waals surface area (Å²) in [6, 6.07) is 0.641. The molecule has 2 rings (SSSR count). The summed E-state index contributed by atoms with van der Waals surface area (Å²) in [6.07, 6.45) is -2.39. The van der Waals surface area contributed by atoms with Gasteiger partial charge in [-0.1, -0.05) is 0 Å². The van der Waals surface area contributed by atoms with Crippen molar-refractivity contribution in [3.63, 3.8) is 0 Å². The molecule has 0 atom stereocenters. The first kappa shape index (κ1) is 14.7. The molecule has 0 aromatic carbocycles. The van der Waals surface area contributed by atoms with Gasteiger partial charge in [0.25, 0.3) is 0 Å². The smallest absolute Gasteiger partial charge is 0.308 e. The van der Waals surface area contributed by atoms with Crippen molar-refractivity contribution < 1.29 is 13.2 Å². The van der Waals surface area contributed by atoms with Crippen molar-refractivity contribution in [1.29, 1.82) is 0 Å². The van der Waals surface area contributed by atoms with Gasteiger partial charge < -0.3 is 10.2 Å². The molecule has 0 radical (unpaired) electrons. The Morgan fingerprint density at radius 3 is 2.84 bits per heavy atom. The summed E-state index contributed by atoms with van der Waals surface area (Å²) in [5.74, 6) is 0. The van der Waals surface area contributed by atoms with Gasteiger partial charge in [0.2, 0.25) is 0 Å². The van der Waals surface area contributed by atoms with Crippen LogP contribution in [0.3, 0.4) is 0 Å². The summed E-state index contributed by atoms with van der Waals surface area (Å²) < 4.78 is 36.3. The van der Waals surface area contributed by atoms with Crippen molar-refractivity contribution >= 4 is 11.3 Å². The van der Waals surface area contributed by atoms with E-state index in [1.807, 2.05) is 5.38 Å². The van der Waals surface area contributed by atoms with E-state index in [0.29, 0.717) is 12.6 Å². The first-order valence-corrected chi connectivity index (χ1v) is 7.22. The third kappa shape index (κ3) is 5.88. The standard InChI is InChI=1S/C12H18F3N3S/c1-18(5-4-12(13,14)15)7-10-8-19-11(17-10)6-16-9-2-3-9/h8-9,16H,2-7H2,1H3. The molecule has 1 N–H and O–H groups in total. The van der Waals surface area contributed by atoms with Crippen LogP contribution in [0, 0.1) is 0 Å². The lowest BCUT2D eigenvalue weighted by atomic mass is 10.3. The summed E-state index contributed by atoms with van der Waals surface area (Å²) in [5, 5.41) is 6.30. The zero-order valence-corrected chi connectivity index (χ0v) is 11.7. The number of hydrogen-bond donors (Lipinski definition) is 1. The van der Waals surface area contributed by atoms with Crippen molar-refractivity contribution in [2.45, 2.75) is 44.6 Å². The van der Waals surface area contributed by atoms with E-state index >= 15 is 0 Å². The molecule has 1 aromatic rings. The number of hydrogen-bond acceptors (Lipinski definition) is 4. The topological polar surface area (TPSA) is 28.2 Å². The lowest BCUT2D eigenvalue weighted by Crippen LogP contribution is -2.24. The SMILES string of the molecule is CN(CCC(F)(F)F)Cc1csc(CNC2CC2)n1. The minimum atomic E-state index is -4.09. The van der Waals surface area contributed by atoms with Crippen LogP contribution in [-0.2, 0) is 13.1 Å². The molecule has 0 spiro atoms. The summed E-state index contributed by atoms with van der Waals surface area (Å²) in [6.45, 7) is 1.24. The molecule has 0 bridgehead atoms. The molecule has 108 valence electrons. The van der Waals surface area contributed by atoms with E-state index in [2.05, 4.69) is 10.3 Å². The maximum absolute atomic E-state index is 12.1. The van der Waals surface area contributed by atoms with Gasteiger partial charge >= 0.3 is 6.18 Å². The molecular formula is C12H18F3N3S. The maximum atomic E-state index is 12.1. The van der Waals surface area contributed by atoms with Crippen LogP contribution in [0.5, 0.6) is 0 Å². The average molecular weight is 293 g/mol. The van der Waals surface area contributed by atoms with E-state index in [9.17, 15) is 13.2 Å². The third-order valence-corrected chi connectivity index (χ3v) is 3.83. The second-order valence-electron chi connectivity index (χ2n) is 4.99. The molecule has 1 saturated carbocycles. The fourth-order valence-electron chi connectivity index (χ4n) is 1.70. The fraction of sp³-hybridized carbons (Fsp3) is 0.750. The zero-order valence-electron chi connectivity index (χ0n) is 10.8. The molecular weight excluding hydrogens is 275 g/mol. The van der Waals surface area contributed by atoms with E-state index in [1.54, 1.807) is 23.3 Å². The van der Waals surface area contributed by atoms with Crippen LogP contribution < -0.4 is 5.32 Å². The van der Waals surface area contributed by atoms with Crippen molar-refractivity contribution in [3.05, 3.63) is 16.1 Å². The molecule has 1 heterocycles. The molecule has 1 aromatic heterocycles. The second-order valence-corrected chi connectivity index (χ2v) is 5.93. The van der Waals surface area contributed by atoms with Gasteiger partial charge in [-0.25, -0.2) is 4.98 Å². The Hall–Kier alpha value is -0.660. The largest absolute Gasteiger partial charge is 0.390 e. The first-order chi connectivity index (χ1) is 8.92. The molecule has 1 fully saturated rings. The van der Waals surface area contributed by atoms with Crippen molar-refractivity contribution in [3.8, 4) is 0 Å². The molecule has 1 aliphatic carbocycles. The minimum absolute atomic E-state index is 0.0106. The summed E-state index contributed by atoms with van der Waals surface area (Å²) in [4.78, 5) is 6.08. The van der Waals surface area contributed by atoms with Gasteiger partial charge in [0, 0.05) is 31.1 Å². The number of thiazole rings is 1. The van der Waals surface area contributed by atoms with E-state index in [1.165, 1.54) is 12.8 Å². The van der Waals surface area contributed by atoms with E-state index in [0.717, 1.165) is 17.2 Å². The molecule has 3 nitrogen and oxygen atoms in total. The third-order valence-electron chi connectivity index (χ3n) is 2.93. The average Bonchev–Trinajstić information content (AvgIpc) is 3.04. The van der Waals surface area contributed by atoms with Crippen molar-refractivity contribution in [2.75, 3.05) is 13.6 Å². The Balaban J connectivity index is 1.71. The van der Waals surface area contributed by atoms with Crippen LogP contribution in [0.25, 0.3) is 0 Å². The highest BCUT2D eigenvalue weighted by molar-refractivity contribution is 7.09. The molecule has 19 heavy (non-hydrogen) atoms. The Labute approximate surface area is 114 Å². The highest BCUT2D eigenvalue weighted by Crippen LogP contribution is 2.21. The first-order valence-electron chi connectivity index (χ1n) is 6.34. The number of nitrogens with zero attached hydrogens (tertiary/aromatic N) is 2. The van der Waals surface area contributed by atoms with Gasteiger partial charge in [-0.3, -0.25) is 0 Å².